The van der Waals surface area contributed by atoms with Crippen molar-refractivity contribution in [3.05, 3.63) is 63.1 Å². The van der Waals surface area contributed by atoms with Gasteiger partial charge < -0.3 is 5.11 Å². The molecule has 17 heavy (non-hydrogen) atoms. The molecule has 0 saturated carbocycles. The van der Waals surface area contributed by atoms with Gasteiger partial charge in [-0.05, 0) is 48.2 Å². The predicted octanol–water partition coefficient (Wildman–Crippen LogP) is 4.60. The molecule has 0 fully saturated rings. The molecule has 0 bridgehead atoms. The standard InChI is InChI=1S/C14H12Cl2O/c1-9-6-10(3-5-14(9)17)7-11-2-4-12(15)13(16)8-11/h2-6,8,17H,7H2,1H3. The van der Waals surface area contributed by atoms with E-state index < -0.39 is 0 Å². The lowest BCUT2D eigenvalue weighted by Gasteiger charge is -2.06. The van der Waals surface area contributed by atoms with Crippen molar-refractivity contribution in [2.24, 2.45) is 0 Å². The third-order valence-corrected chi connectivity index (χ3v) is 3.39. The van der Waals surface area contributed by atoms with Crippen molar-refractivity contribution in [2.75, 3.05) is 0 Å². The molecule has 0 aliphatic rings. The van der Waals surface area contributed by atoms with Crippen LogP contribution in [0, 0.1) is 6.92 Å². The van der Waals surface area contributed by atoms with E-state index in [4.69, 9.17) is 23.2 Å². The van der Waals surface area contributed by atoms with E-state index in [2.05, 4.69) is 0 Å². The maximum atomic E-state index is 9.45. The van der Waals surface area contributed by atoms with Crippen LogP contribution in [0.25, 0.3) is 0 Å². The summed E-state index contributed by atoms with van der Waals surface area (Å²) in [6.45, 7) is 1.88. The van der Waals surface area contributed by atoms with Gasteiger partial charge in [-0.25, -0.2) is 0 Å². The van der Waals surface area contributed by atoms with Gasteiger partial charge in [-0.3, -0.25) is 0 Å². The van der Waals surface area contributed by atoms with Crippen LogP contribution in [0.5, 0.6) is 5.75 Å². The lowest BCUT2D eigenvalue weighted by Crippen LogP contribution is -1.89. The summed E-state index contributed by atoms with van der Waals surface area (Å²) in [5, 5.41) is 10.6. The molecule has 1 nitrogen and oxygen atoms in total. The van der Waals surface area contributed by atoms with Gasteiger partial charge in [-0.2, -0.15) is 0 Å². The SMILES string of the molecule is Cc1cc(Cc2ccc(Cl)c(Cl)c2)ccc1O. The number of hydrogen-bond donors (Lipinski definition) is 1. The fourth-order valence-electron chi connectivity index (χ4n) is 1.71. The van der Waals surface area contributed by atoms with Gasteiger partial charge in [0.05, 0.1) is 10.0 Å². The quantitative estimate of drug-likeness (QED) is 0.843. The van der Waals surface area contributed by atoms with Crippen LogP contribution in [-0.2, 0) is 6.42 Å². The Morgan fingerprint density at radius 2 is 1.59 bits per heavy atom. The first-order chi connectivity index (χ1) is 8.06. The molecule has 3 heteroatoms. The molecule has 0 atom stereocenters. The highest BCUT2D eigenvalue weighted by Gasteiger charge is 2.02. The minimum atomic E-state index is 0.322. The second-order valence-electron chi connectivity index (χ2n) is 4.05. The molecule has 0 radical (unpaired) electrons. The Labute approximate surface area is 111 Å². The van der Waals surface area contributed by atoms with E-state index in [-0.39, 0.29) is 0 Å². The minimum absolute atomic E-state index is 0.322. The van der Waals surface area contributed by atoms with Crippen molar-refractivity contribution < 1.29 is 5.11 Å². The Bertz CT molecular complexity index is 500. The largest absolute Gasteiger partial charge is 0.508 e. The summed E-state index contributed by atoms with van der Waals surface area (Å²) in [6, 6.07) is 11.2. The lowest BCUT2D eigenvalue weighted by atomic mass is 10.0. The zero-order valence-electron chi connectivity index (χ0n) is 9.37. The summed E-state index contributed by atoms with van der Waals surface area (Å²) in [5.41, 5.74) is 3.12. The molecule has 0 amide bonds. The molecule has 0 saturated heterocycles. The molecule has 0 spiro atoms. The van der Waals surface area contributed by atoms with Gasteiger partial charge in [0.25, 0.3) is 0 Å². The van der Waals surface area contributed by atoms with Crippen LogP contribution in [0.2, 0.25) is 10.0 Å². The summed E-state index contributed by atoms with van der Waals surface area (Å²) in [5.74, 6) is 0.322. The van der Waals surface area contributed by atoms with Crippen LogP contribution in [0.15, 0.2) is 36.4 Å². The van der Waals surface area contributed by atoms with Crippen molar-refractivity contribution in [2.45, 2.75) is 13.3 Å². The lowest BCUT2D eigenvalue weighted by molar-refractivity contribution is 0.471. The molecule has 0 aliphatic heterocycles. The average Bonchev–Trinajstić information content (AvgIpc) is 2.29. The zero-order valence-corrected chi connectivity index (χ0v) is 10.9. The summed E-state index contributed by atoms with van der Waals surface area (Å²) >= 11 is 11.8. The van der Waals surface area contributed by atoms with Crippen molar-refractivity contribution in [3.8, 4) is 5.75 Å². The minimum Gasteiger partial charge on any atom is -0.508 e. The van der Waals surface area contributed by atoms with Crippen LogP contribution in [0.1, 0.15) is 16.7 Å². The Hall–Kier alpha value is -1.18. The molecule has 88 valence electrons. The first-order valence-corrected chi connectivity index (χ1v) is 6.04. The fourth-order valence-corrected chi connectivity index (χ4v) is 2.03. The second kappa shape index (κ2) is 4.99. The van der Waals surface area contributed by atoms with Crippen LogP contribution in [0.3, 0.4) is 0 Å². The highest BCUT2D eigenvalue weighted by molar-refractivity contribution is 6.42. The zero-order chi connectivity index (χ0) is 12.4. The van der Waals surface area contributed by atoms with E-state index in [1.165, 1.54) is 0 Å². The summed E-state index contributed by atoms with van der Waals surface area (Å²) in [4.78, 5) is 0. The van der Waals surface area contributed by atoms with Gasteiger partial charge in [0.1, 0.15) is 5.75 Å². The molecule has 1 N–H and O–H groups in total. The first kappa shape index (κ1) is 12.3. The molecule has 2 aromatic carbocycles. The van der Waals surface area contributed by atoms with E-state index in [0.717, 1.165) is 23.1 Å². The number of phenols is 1. The van der Waals surface area contributed by atoms with E-state index in [0.29, 0.717) is 15.8 Å². The Kier molecular flexibility index (Phi) is 3.60. The normalized spacial score (nSPS) is 10.5. The van der Waals surface area contributed by atoms with E-state index in [1.807, 2.05) is 31.2 Å². The molecular weight excluding hydrogens is 255 g/mol. The predicted molar refractivity (Wildman–Crippen MR) is 72.1 cm³/mol. The topological polar surface area (TPSA) is 20.2 Å². The van der Waals surface area contributed by atoms with Crippen molar-refractivity contribution >= 4 is 23.2 Å². The highest BCUT2D eigenvalue weighted by atomic mass is 35.5. The maximum absolute atomic E-state index is 9.45. The third-order valence-electron chi connectivity index (χ3n) is 2.65. The number of benzene rings is 2. The molecule has 2 aromatic rings. The summed E-state index contributed by atoms with van der Waals surface area (Å²) in [6.07, 6.45) is 0.776. The smallest absolute Gasteiger partial charge is 0.118 e. The van der Waals surface area contributed by atoms with Gasteiger partial charge >= 0.3 is 0 Å². The number of aromatic hydroxyl groups is 1. The van der Waals surface area contributed by atoms with Crippen molar-refractivity contribution in [1.29, 1.82) is 0 Å². The van der Waals surface area contributed by atoms with E-state index >= 15 is 0 Å². The van der Waals surface area contributed by atoms with Crippen LogP contribution in [-0.4, -0.2) is 5.11 Å². The van der Waals surface area contributed by atoms with Gasteiger partial charge in [0.2, 0.25) is 0 Å². The highest BCUT2D eigenvalue weighted by Crippen LogP contribution is 2.25. The maximum Gasteiger partial charge on any atom is 0.118 e. The molecule has 0 unspecified atom stereocenters. The monoisotopic (exact) mass is 266 g/mol. The summed E-state index contributed by atoms with van der Waals surface area (Å²) in [7, 11) is 0. The average molecular weight is 267 g/mol. The van der Waals surface area contributed by atoms with Gasteiger partial charge in [0.15, 0.2) is 0 Å². The number of hydrogen-bond acceptors (Lipinski definition) is 1. The Morgan fingerprint density at radius 1 is 0.941 bits per heavy atom. The third kappa shape index (κ3) is 2.93. The summed E-state index contributed by atoms with van der Waals surface area (Å²) < 4.78 is 0. The van der Waals surface area contributed by atoms with E-state index in [1.54, 1.807) is 12.1 Å². The first-order valence-electron chi connectivity index (χ1n) is 5.28. The molecule has 0 aromatic heterocycles. The van der Waals surface area contributed by atoms with Gasteiger partial charge in [-0.15, -0.1) is 0 Å². The number of rotatable bonds is 2. The second-order valence-corrected chi connectivity index (χ2v) is 4.86. The van der Waals surface area contributed by atoms with Crippen LogP contribution < -0.4 is 0 Å². The number of phenolic OH excluding ortho intramolecular Hbond substituents is 1. The fraction of sp³-hybridized carbons (Fsp3) is 0.143. The Balaban J connectivity index is 2.25. The van der Waals surface area contributed by atoms with Gasteiger partial charge in [-0.1, -0.05) is 41.4 Å². The van der Waals surface area contributed by atoms with Crippen molar-refractivity contribution in [3.63, 3.8) is 0 Å². The molecule has 2 rings (SSSR count). The Morgan fingerprint density at radius 3 is 2.24 bits per heavy atom. The number of aryl methyl sites for hydroxylation is 1. The van der Waals surface area contributed by atoms with E-state index in [9.17, 15) is 5.11 Å². The van der Waals surface area contributed by atoms with Gasteiger partial charge in [0, 0.05) is 0 Å². The van der Waals surface area contributed by atoms with Crippen molar-refractivity contribution in [1.82, 2.24) is 0 Å². The van der Waals surface area contributed by atoms with Crippen LogP contribution >= 0.6 is 23.2 Å². The van der Waals surface area contributed by atoms with Crippen LogP contribution in [0.4, 0.5) is 0 Å². The number of halogens is 2. The molecular formula is C14H12Cl2O. The molecule has 0 aliphatic carbocycles. The molecule has 0 heterocycles.